The number of ether oxygens (including phenoxy) is 1. The van der Waals surface area contributed by atoms with E-state index in [1.165, 1.54) is 6.92 Å². The van der Waals surface area contributed by atoms with Crippen LogP contribution in [-0.2, 0) is 4.79 Å². The van der Waals surface area contributed by atoms with Gasteiger partial charge in [0.1, 0.15) is 17.0 Å². The fourth-order valence-electron chi connectivity index (χ4n) is 2.81. The third-order valence-electron chi connectivity index (χ3n) is 3.89. The number of phenols is 1. The van der Waals surface area contributed by atoms with Gasteiger partial charge in [-0.1, -0.05) is 36.4 Å². The Labute approximate surface area is 139 Å². The second-order valence-electron chi connectivity index (χ2n) is 5.45. The highest BCUT2D eigenvalue weighted by molar-refractivity contribution is 5.86. The summed E-state index contributed by atoms with van der Waals surface area (Å²) in [6.45, 7) is 1.44. The van der Waals surface area contributed by atoms with E-state index in [-0.39, 0.29) is 11.7 Å². The number of para-hydroxylation sites is 1. The number of carbonyl (C=O) groups is 1. The number of nitrogens with zero attached hydrogens (tertiary/aromatic N) is 1. The molecule has 1 atom stereocenters. The summed E-state index contributed by atoms with van der Waals surface area (Å²) in [6.07, 6.45) is 1.63. The number of hydrogen-bond acceptors (Lipinski definition) is 4. The fourth-order valence-corrected chi connectivity index (χ4v) is 2.81. The Morgan fingerprint density at radius 2 is 1.92 bits per heavy atom. The number of methoxy groups -OCH3 is 1. The Morgan fingerprint density at radius 3 is 2.67 bits per heavy atom. The first-order chi connectivity index (χ1) is 11.6. The third-order valence-corrected chi connectivity index (χ3v) is 3.89. The first kappa shape index (κ1) is 15.8. The van der Waals surface area contributed by atoms with Gasteiger partial charge in [0.15, 0.2) is 0 Å². The van der Waals surface area contributed by atoms with Crippen molar-refractivity contribution in [3.05, 3.63) is 65.9 Å². The van der Waals surface area contributed by atoms with Crippen molar-refractivity contribution in [2.24, 2.45) is 0 Å². The van der Waals surface area contributed by atoms with Crippen molar-refractivity contribution in [2.45, 2.75) is 13.0 Å². The molecule has 0 bridgehead atoms. The number of phenolic OH excluding ortho intramolecular Hbond substituents is 1. The first-order valence-corrected chi connectivity index (χ1v) is 7.58. The summed E-state index contributed by atoms with van der Waals surface area (Å²) in [5, 5.41) is 14.4. The molecular formula is C19H18N2O3. The lowest BCUT2D eigenvalue weighted by Crippen LogP contribution is -2.27. The van der Waals surface area contributed by atoms with Crippen LogP contribution in [0.3, 0.4) is 0 Å². The molecule has 24 heavy (non-hydrogen) atoms. The molecule has 0 saturated heterocycles. The van der Waals surface area contributed by atoms with Gasteiger partial charge in [0.2, 0.25) is 5.91 Å². The van der Waals surface area contributed by atoms with E-state index in [9.17, 15) is 9.90 Å². The number of nitrogens with one attached hydrogen (secondary N) is 1. The Hall–Kier alpha value is -3.08. The predicted molar refractivity (Wildman–Crippen MR) is 92.1 cm³/mol. The van der Waals surface area contributed by atoms with E-state index < -0.39 is 6.04 Å². The SMILES string of the molecule is COc1ccccc1[C@H](NC(C)=O)c1ccc2cccnc2c1O. The first-order valence-electron chi connectivity index (χ1n) is 7.58. The zero-order valence-electron chi connectivity index (χ0n) is 13.5. The molecule has 0 radical (unpaired) electrons. The number of hydrogen-bond donors (Lipinski definition) is 2. The summed E-state index contributed by atoms with van der Waals surface area (Å²) >= 11 is 0. The molecule has 0 aliphatic carbocycles. The van der Waals surface area contributed by atoms with E-state index in [0.717, 1.165) is 10.9 Å². The Bertz CT molecular complexity index is 893. The maximum absolute atomic E-state index is 11.7. The standard InChI is InChI=1S/C19H18N2O3/c1-12(22)21-18(14-7-3-4-8-16(14)24-2)15-10-9-13-6-5-11-20-17(13)19(15)23/h3-11,18,23H,1-2H3,(H,21,22)/t18-/m0/s1. The fraction of sp³-hybridized carbons (Fsp3) is 0.158. The summed E-state index contributed by atoms with van der Waals surface area (Å²) in [7, 11) is 1.57. The topological polar surface area (TPSA) is 71.5 Å². The molecule has 0 aliphatic heterocycles. The molecule has 0 saturated carbocycles. The maximum atomic E-state index is 11.7. The molecule has 0 aliphatic rings. The van der Waals surface area contributed by atoms with Gasteiger partial charge in [-0.15, -0.1) is 0 Å². The van der Waals surface area contributed by atoms with E-state index in [4.69, 9.17) is 4.74 Å². The molecule has 3 rings (SSSR count). The number of pyridine rings is 1. The van der Waals surface area contributed by atoms with Gasteiger partial charge in [0, 0.05) is 29.6 Å². The van der Waals surface area contributed by atoms with Crippen LogP contribution in [0.4, 0.5) is 0 Å². The number of aromatic hydroxyl groups is 1. The molecule has 1 amide bonds. The van der Waals surface area contributed by atoms with Gasteiger partial charge in [-0.3, -0.25) is 9.78 Å². The summed E-state index contributed by atoms with van der Waals surface area (Å²) in [6, 6.07) is 14.2. The van der Waals surface area contributed by atoms with Gasteiger partial charge in [0.05, 0.1) is 13.2 Å². The summed E-state index contributed by atoms with van der Waals surface area (Å²) in [4.78, 5) is 16.0. The number of aromatic nitrogens is 1. The minimum Gasteiger partial charge on any atom is -0.505 e. The van der Waals surface area contributed by atoms with Crippen LogP contribution in [0.15, 0.2) is 54.7 Å². The molecule has 2 N–H and O–H groups in total. The lowest BCUT2D eigenvalue weighted by atomic mass is 9.95. The van der Waals surface area contributed by atoms with E-state index >= 15 is 0 Å². The zero-order chi connectivity index (χ0) is 17.1. The number of fused-ring (bicyclic) bond motifs is 1. The molecule has 1 heterocycles. The molecule has 0 fully saturated rings. The third kappa shape index (κ3) is 2.88. The van der Waals surface area contributed by atoms with Gasteiger partial charge >= 0.3 is 0 Å². The lowest BCUT2D eigenvalue weighted by Gasteiger charge is -2.22. The van der Waals surface area contributed by atoms with Crippen LogP contribution in [-0.4, -0.2) is 23.1 Å². The van der Waals surface area contributed by atoms with Crippen LogP contribution in [0.2, 0.25) is 0 Å². The van der Waals surface area contributed by atoms with Crippen molar-refractivity contribution < 1.29 is 14.6 Å². The van der Waals surface area contributed by atoms with Crippen molar-refractivity contribution in [3.8, 4) is 11.5 Å². The monoisotopic (exact) mass is 322 g/mol. The maximum Gasteiger partial charge on any atom is 0.217 e. The molecule has 5 heteroatoms. The molecule has 0 unspecified atom stereocenters. The van der Waals surface area contributed by atoms with Crippen molar-refractivity contribution >= 4 is 16.8 Å². The second-order valence-corrected chi connectivity index (χ2v) is 5.45. The summed E-state index contributed by atoms with van der Waals surface area (Å²) in [5.74, 6) is 0.487. The number of benzene rings is 2. The highest BCUT2D eigenvalue weighted by Crippen LogP contribution is 2.37. The van der Waals surface area contributed by atoms with Gasteiger partial charge in [-0.05, 0) is 12.1 Å². The number of carbonyl (C=O) groups excluding carboxylic acids is 1. The highest BCUT2D eigenvalue weighted by Gasteiger charge is 2.23. The quantitative estimate of drug-likeness (QED) is 0.774. The molecular weight excluding hydrogens is 304 g/mol. The van der Waals surface area contributed by atoms with E-state index in [1.54, 1.807) is 19.4 Å². The molecule has 3 aromatic rings. The lowest BCUT2D eigenvalue weighted by molar-refractivity contribution is -0.119. The van der Waals surface area contributed by atoms with Gasteiger partial charge in [-0.25, -0.2) is 0 Å². The van der Waals surface area contributed by atoms with Crippen LogP contribution in [0, 0.1) is 0 Å². The minimum atomic E-state index is -0.537. The zero-order valence-corrected chi connectivity index (χ0v) is 13.5. The van der Waals surface area contributed by atoms with Crippen molar-refractivity contribution in [1.29, 1.82) is 0 Å². The van der Waals surface area contributed by atoms with Gasteiger partial charge in [-0.2, -0.15) is 0 Å². The molecule has 0 spiro atoms. The largest absolute Gasteiger partial charge is 0.505 e. The van der Waals surface area contributed by atoms with Crippen LogP contribution in [0.1, 0.15) is 24.1 Å². The minimum absolute atomic E-state index is 0.0535. The van der Waals surface area contributed by atoms with Crippen molar-refractivity contribution in [2.75, 3.05) is 7.11 Å². The molecule has 5 nitrogen and oxygen atoms in total. The van der Waals surface area contributed by atoms with E-state index in [2.05, 4.69) is 10.3 Å². The average Bonchev–Trinajstić information content (AvgIpc) is 2.60. The second kappa shape index (κ2) is 6.58. The van der Waals surface area contributed by atoms with E-state index in [1.807, 2.05) is 42.5 Å². The molecule has 1 aromatic heterocycles. The summed E-state index contributed by atoms with van der Waals surface area (Å²) in [5.41, 5.74) is 1.84. The Morgan fingerprint density at radius 1 is 1.12 bits per heavy atom. The van der Waals surface area contributed by atoms with Crippen LogP contribution in [0.25, 0.3) is 10.9 Å². The molecule has 122 valence electrons. The number of rotatable bonds is 4. The van der Waals surface area contributed by atoms with Crippen LogP contribution < -0.4 is 10.1 Å². The van der Waals surface area contributed by atoms with Crippen LogP contribution >= 0.6 is 0 Å². The Balaban J connectivity index is 2.20. The highest BCUT2D eigenvalue weighted by atomic mass is 16.5. The predicted octanol–water partition coefficient (Wildman–Crippen LogP) is 3.17. The number of amides is 1. The van der Waals surface area contributed by atoms with Crippen LogP contribution in [0.5, 0.6) is 11.5 Å². The van der Waals surface area contributed by atoms with Crippen molar-refractivity contribution in [1.82, 2.24) is 10.3 Å². The van der Waals surface area contributed by atoms with E-state index in [0.29, 0.717) is 16.8 Å². The van der Waals surface area contributed by atoms with Gasteiger partial charge in [0.25, 0.3) is 0 Å². The molecule has 2 aromatic carbocycles. The smallest absolute Gasteiger partial charge is 0.217 e. The average molecular weight is 322 g/mol. The Kier molecular flexibility index (Phi) is 4.33. The van der Waals surface area contributed by atoms with Gasteiger partial charge < -0.3 is 15.2 Å². The summed E-state index contributed by atoms with van der Waals surface area (Å²) < 4.78 is 5.41. The van der Waals surface area contributed by atoms with Crippen molar-refractivity contribution in [3.63, 3.8) is 0 Å². The normalized spacial score (nSPS) is 11.9.